The number of carboxylic acid groups (broad SMARTS) is 1. The van der Waals surface area contributed by atoms with Gasteiger partial charge in [0.2, 0.25) is 0 Å². The molecular weight excluding hydrogens is 166 g/mol. The molecule has 0 saturated carbocycles. The first kappa shape index (κ1) is 10.5. The summed E-state index contributed by atoms with van der Waals surface area (Å²) in [6, 6.07) is 0. The number of likely N-dealkylation sites (tertiary alicyclic amines) is 1. The van der Waals surface area contributed by atoms with Crippen LogP contribution in [0.3, 0.4) is 0 Å². The van der Waals surface area contributed by atoms with Gasteiger partial charge in [-0.25, -0.2) is 0 Å². The van der Waals surface area contributed by atoms with Crippen molar-refractivity contribution in [2.75, 3.05) is 19.6 Å². The summed E-state index contributed by atoms with van der Waals surface area (Å²) in [7, 11) is 0. The van der Waals surface area contributed by atoms with Gasteiger partial charge < -0.3 is 10.0 Å². The number of aliphatic carboxylic acids is 1. The highest BCUT2D eigenvalue weighted by Gasteiger charge is 2.30. The van der Waals surface area contributed by atoms with E-state index in [1.165, 1.54) is 0 Å². The molecule has 0 aliphatic carbocycles. The van der Waals surface area contributed by atoms with Crippen LogP contribution in [0.5, 0.6) is 0 Å². The van der Waals surface area contributed by atoms with Crippen LogP contribution in [-0.2, 0) is 4.79 Å². The van der Waals surface area contributed by atoms with Gasteiger partial charge >= 0.3 is 5.97 Å². The van der Waals surface area contributed by atoms with Crippen molar-refractivity contribution in [2.24, 2.45) is 11.3 Å². The summed E-state index contributed by atoms with van der Waals surface area (Å²) in [5, 5.41) is 8.55. The molecule has 1 rings (SSSR count). The molecule has 0 unspecified atom stereocenters. The van der Waals surface area contributed by atoms with Crippen molar-refractivity contribution in [2.45, 2.75) is 27.2 Å². The minimum absolute atomic E-state index is 0.328. The second-order valence-electron chi connectivity index (χ2n) is 5.22. The Bertz CT molecular complexity index is 190. The van der Waals surface area contributed by atoms with Crippen molar-refractivity contribution in [1.29, 1.82) is 0 Å². The molecule has 0 atom stereocenters. The zero-order valence-corrected chi connectivity index (χ0v) is 8.71. The number of carboxylic acids is 1. The lowest BCUT2D eigenvalue weighted by Gasteiger charge is -2.42. The molecule has 1 fully saturated rings. The third-order valence-corrected chi connectivity index (χ3v) is 2.19. The lowest BCUT2D eigenvalue weighted by molar-refractivity contribution is -0.139. The van der Waals surface area contributed by atoms with Crippen LogP contribution < -0.4 is 0 Å². The summed E-state index contributed by atoms with van der Waals surface area (Å²) in [6.45, 7) is 9.61. The molecule has 0 spiro atoms. The molecule has 0 amide bonds. The summed E-state index contributed by atoms with van der Waals surface area (Å²) in [5.41, 5.74) is 0.328. The molecule has 0 radical (unpaired) electrons. The highest BCUT2D eigenvalue weighted by molar-refractivity contribution is 5.67. The maximum absolute atomic E-state index is 10.4. The molecule has 0 aromatic carbocycles. The number of nitrogens with zero attached hydrogens (tertiary/aromatic N) is 1. The number of hydrogen-bond acceptors (Lipinski definition) is 2. The lowest BCUT2D eigenvalue weighted by Crippen LogP contribution is -2.50. The van der Waals surface area contributed by atoms with E-state index in [1.54, 1.807) is 0 Å². The second-order valence-corrected chi connectivity index (χ2v) is 5.22. The van der Waals surface area contributed by atoms with Crippen LogP contribution in [0.2, 0.25) is 0 Å². The van der Waals surface area contributed by atoms with Gasteiger partial charge in [0.1, 0.15) is 0 Å². The fraction of sp³-hybridized carbons (Fsp3) is 0.900. The van der Waals surface area contributed by atoms with Gasteiger partial charge in [-0.2, -0.15) is 0 Å². The minimum atomic E-state index is -0.666. The van der Waals surface area contributed by atoms with Crippen LogP contribution in [0.4, 0.5) is 0 Å². The maximum atomic E-state index is 10.4. The van der Waals surface area contributed by atoms with Gasteiger partial charge in [0, 0.05) is 19.6 Å². The molecule has 1 saturated heterocycles. The number of hydrogen-bond donors (Lipinski definition) is 1. The van der Waals surface area contributed by atoms with E-state index in [0.717, 1.165) is 19.6 Å². The first-order valence-electron chi connectivity index (χ1n) is 4.81. The van der Waals surface area contributed by atoms with E-state index in [-0.39, 0.29) is 0 Å². The molecule has 3 nitrogen and oxygen atoms in total. The van der Waals surface area contributed by atoms with E-state index >= 15 is 0 Å². The van der Waals surface area contributed by atoms with Gasteiger partial charge in [-0.1, -0.05) is 20.8 Å². The summed E-state index contributed by atoms with van der Waals surface area (Å²) >= 11 is 0. The number of carbonyl (C=O) groups is 1. The molecule has 13 heavy (non-hydrogen) atoms. The standard InChI is InChI=1S/C10H19NO2/c1-10(2,3)7-11-5-8(6-11)4-9(12)13/h8H,4-7H2,1-3H3,(H,12,13). The van der Waals surface area contributed by atoms with Crippen LogP contribution in [0, 0.1) is 11.3 Å². The Morgan fingerprint density at radius 1 is 1.46 bits per heavy atom. The first-order valence-corrected chi connectivity index (χ1v) is 4.81. The Morgan fingerprint density at radius 2 is 2.00 bits per heavy atom. The molecular formula is C10H19NO2. The monoisotopic (exact) mass is 185 g/mol. The first-order chi connectivity index (χ1) is 5.87. The van der Waals surface area contributed by atoms with Crippen molar-refractivity contribution in [3.63, 3.8) is 0 Å². The topological polar surface area (TPSA) is 40.5 Å². The van der Waals surface area contributed by atoms with Gasteiger partial charge in [-0.15, -0.1) is 0 Å². The Labute approximate surface area is 79.7 Å². The van der Waals surface area contributed by atoms with Crippen LogP contribution >= 0.6 is 0 Å². The molecule has 0 aromatic rings. The highest BCUT2D eigenvalue weighted by atomic mass is 16.4. The zero-order valence-electron chi connectivity index (χ0n) is 8.71. The average Bonchev–Trinajstić information content (AvgIpc) is 1.78. The smallest absolute Gasteiger partial charge is 0.303 e. The summed E-state index contributed by atoms with van der Waals surface area (Å²) in [4.78, 5) is 12.7. The van der Waals surface area contributed by atoms with Crippen molar-refractivity contribution in [1.82, 2.24) is 4.90 Å². The van der Waals surface area contributed by atoms with E-state index < -0.39 is 5.97 Å². The van der Waals surface area contributed by atoms with E-state index in [9.17, 15) is 4.79 Å². The van der Waals surface area contributed by atoms with E-state index in [4.69, 9.17) is 5.11 Å². The van der Waals surface area contributed by atoms with Gasteiger partial charge in [0.05, 0.1) is 6.42 Å². The molecule has 1 N–H and O–H groups in total. The molecule has 76 valence electrons. The van der Waals surface area contributed by atoms with Crippen LogP contribution in [-0.4, -0.2) is 35.6 Å². The largest absolute Gasteiger partial charge is 0.481 e. The summed E-state index contributed by atoms with van der Waals surface area (Å²) in [5.74, 6) is -0.278. The van der Waals surface area contributed by atoms with Crippen molar-refractivity contribution in [3.8, 4) is 0 Å². The quantitative estimate of drug-likeness (QED) is 0.723. The summed E-state index contributed by atoms with van der Waals surface area (Å²) < 4.78 is 0. The van der Waals surface area contributed by atoms with Crippen molar-refractivity contribution >= 4 is 5.97 Å². The fourth-order valence-electron chi connectivity index (χ4n) is 1.85. The van der Waals surface area contributed by atoms with Crippen LogP contribution in [0.15, 0.2) is 0 Å². The Balaban J connectivity index is 2.15. The third-order valence-electron chi connectivity index (χ3n) is 2.19. The normalized spacial score (nSPS) is 19.9. The molecule has 1 heterocycles. The van der Waals surface area contributed by atoms with E-state index in [2.05, 4.69) is 25.7 Å². The van der Waals surface area contributed by atoms with E-state index in [0.29, 0.717) is 17.8 Å². The van der Waals surface area contributed by atoms with Gasteiger partial charge in [0.25, 0.3) is 0 Å². The maximum Gasteiger partial charge on any atom is 0.303 e. The molecule has 3 heteroatoms. The molecule has 1 aliphatic rings. The van der Waals surface area contributed by atoms with Crippen molar-refractivity contribution < 1.29 is 9.90 Å². The van der Waals surface area contributed by atoms with Crippen LogP contribution in [0.1, 0.15) is 27.2 Å². The molecule has 0 bridgehead atoms. The van der Waals surface area contributed by atoms with Crippen LogP contribution in [0.25, 0.3) is 0 Å². The Morgan fingerprint density at radius 3 is 2.38 bits per heavy atom. The predicted molar refractivity (Wildman–Crippen MR) is 51.6 cm³/mol. The van der Waals surface area contributed by atoms with Gasteiger partial charge in [-0.05, 0) is 11.3 Å². The SMILES string of the molecule is CC(C)(C)CN1CC(CC(=O)O)C1. The molecule has 1 aliphatic heterocycles. The van der Waals surface area contributed by atoms with Crippen molar-refractivity contribution in [3.05, 3.63) is 0 Å². The van der Waals surface area contributed by atoms with Gasteiger partial charge in [0.15, 0.2) is 0 Å². The van der Waals surface area contributed by atoms with Gasteiger partial charge in [-0.3, -0.25) is 4.79 Å². The predicted octanol–water partition coefficient (Wildman–Crippen LogP) is 1.44. The van der Waals surface area contributed by atoms with E-state index in [1.807, 2.05) is 0 Å². The minimum Gasteiger partial charge on any atom is -0.481 e. The summed E-state index contributed by atoms with van der Waals surface area (Å²) in [6.07, 6.45) is 0.334. The zero-order chi connectivity index (χ0) is 10.1. The average molecular weight is 185 g/mol. The molecule has 0 aromatic heterocycles. The highest BCUT2D eigenvalue weighted by Crippen LogP contribution is 2.24. The third kappa shape index (κ3) is 3.77. The number of rotatable bonds is 3. The Hall–Kier alpha value is -0.570. The fourth-order valence-corrected chi connectivity index (χ4v) is 1.85. The second kappa shape index (κ2) is 3.66. The Kier molecular flexibility index (Phi) is 2.96. The lowest BCUT2D eigenvalue weighted by atomic mass is 9.90.